The minimum atomic E-state index is -0.556. The van der Waals surface area contributed by atoms with E-state index in [0.29, 0.717) is 5.92 Å². The fourth-order valence-electron chi connectivity index (χ4n) is 3.70. The molecular weight excluding hydrogens is 397 g/mol. The first-order valence-corrected chi connectivity index (χ1v) is 13.1. The van der Waals surface area contributed by atoms with Crippen molar-refractivity contribution in [3.05, 3.63) is 81.7 Å². The molecule has 0 heterocycles. The fourth-order valence-corrected chi connectivity index (χ4v) is 3.70. The number of benzene rings is 2. The van der Waals surface area contributed by atoms with Crippen LogP contribution in [0.1, 0.15) is 68.8 Å². The van der Waals surface area contributed by atoms with Crippen molar-refractivity contribution in [3.8, 4) is 0 Å². The van der Waals surface area contributed by atoms with E-state index in [2.05, 4.69) is 89.2 Å². The van der Waals surface area contributed by atoms with Crippen LogP contribution in [0.3, 0.4) is 0 Å². The van der Waals surface area contributed by atoms with Gasteiger partial charge >= 0.3 is 35.6 Å². The fraction of sp³-hybridized carbons (Fsp3) is 0.364. The van der Waals surface area contributed by atoms with Crippen LogP contribution in [-0.2, 0) is 17.0 Å². The maximum absolute atomic E-state index is 4.97. The van der Waals surface area contributed by atoms with Crippen molar-refractivity contribution in [1.82, 2.24) is 0 Å². The van der Waals surface area contributed by atoms with Crippen molar-refractivity contribution >= 4 is 24.7 Å². The van der Waals surface area contributed by atoms with Crippen LogP contribution < -0.4 is 0 Å². The summed E-state index contributed by atoms with van der Waals surface area (Å²) in [6, 6.07) is 17.7. The molecule has 2 aromatic rings. The second-order valence-corrected chi connectivity index (χ2v) is 10.2. The molecule has 0 radical (unpaired) electrons. The number of allylic oxidation sites excluding steroid dienone is 1. The zero-order valence-corrected chi connectivity index (χ0v) is 19.1. The van der Waals surface area contributed by atoms with Crippen LogP contribution in [0.15, 0.2) is 54.1 Å². The van der Waals surface area contributed by atoms with E-state index in [-0.39, 0.29) is 11.6 Å². The van der Waals surface area contributed by atoms with Gasteiger partial charge in [-0.05, 0) is 23.6 Å². The SMILES string of the molecule is CC1=Cc2ccccc2C1c1ccccc1C(C)[N-]C(C)(C)C.[Cl][Ti][Cl]. The molecule has 2 atom stereocenters. The van der Waals surface area contributed by atoms with Gasteiger partial charge in [0.1, 0.15) is 0 Å². The van der Waals surface area contributed by atoms with E-state index in [4.69, 9.17) is 23.9 Å². The molecule has 0 saturated heterocycles. The number of hydrogen-bond acceptors (Lipinski definition) is 0. The number of nitrogens with zero attached hydrogens (tertiary/aromatic N) is 1. The Bertz CT molecular complexity index is 765. The Morgan fingerprint density at radius 2 is 1.50 bits per heavy atom. The molecule has 0 aliphatic heterocycles. The van der Waals surface area contributed by atoms with Crippen LogP contribution in [0.5, 0.6) is 0 Å². The zero-order chi connectivity index (χ0) is 19.3. The van der Waals surface area contributed by atoms with E-state index >= 15 is 0 Å². The van der Waals surface area contributed by atoms with Crippen LogP contribution in [0, 0.1) is 0 Å². The molecule has 2 unspecified atom stereocenters. The zero-order valence-electron chi connectivity index (χ0n) is 16.1. The van der Waals surface area contributed by atoms with Gasteiger partial charge in [0, 0.05) is 5.92 Å². The van der Waals surface area contributed by atoms with Crippen LogP contribution in [0.4, 0.5) is 0 Å². The number of hydrogen-bond donors (Lipinski definition) is 0. The monoisotopic (exact) mass is 422 g/mol. The first-order valence-electron chi connectivity index (χ1n) is 8.82. The van der Waals surface area contributed by atoms with Crippen molar-refractivity contribution < 1.29 is 17.0 Å². The van der Waals surface area contributed by atoms with Gasteiger partial charge in [0.05, 0.1) is 0 Å². The molecule has 0 aromatic heterocycles. The summed E-state index contributed by atoms with van der Waals surface area (Å²) in [5.74, 6) is 0.361. The molecule has 2 aromatic carbocycles. The van der Waals surface area contributed by atoms with Gasteiger partial charge in [-0.3, -0.25) is 0 Å². The third-order valence-corrected chi connectivity index (χ3v) is 4.48. The molecule has 0 spiro atoms. The second-order valence-electron chi connectivity index (χ2n) is 7.63. The Balaban J connectivity index is 0.000000758. The normalized spacial score (nSPS) is 16.9. The van der Waals surface area contributed by atoms with Crippen LogP contribution in [-0.4, -0.2) is 5.54 Å². The van der Waals surface area contributed by atoms with Gasteiger partial charge in [-0.1, -0.05) is 93.4 Å². The van der Waals surface area contributed by atoms with Gasteiger partial charge in [0.2, 0.25) is 0 Å². The van der Waals surface area contributed by atoms with Gasteiger partial charge in [-0.15, -0.1) is 11.6 Å². The topological polar surface area (TPSA) is 14.1 Å². The van der Waals surface area contributed by atoms with Crippen LogP contribution >= 0.6 is 18.6 Å². The first-order chi connectivity index (χ1) is 12.3. The molecule has 26 heavy (non-hydrogen) atoms. The summed E-state index contributed by atoms with van der Waals surface area (Å²) in [5.41, 5.74) is 6.90. The molecule has 1 aliphatic carbocycles. The van der Waals surface area contributed by atoms with E-state index in [9.17, 15) is 0 Å². The molecule has 0 N–H and O–H groups in total. The first kappa shape index (κ1) is 21.7. The average molecular weight is 423 g/mol. The molecule has 0 amide bonds. The summed E-state index contributed by atoms with van der Waals surface area (Å²) < 4.78 is 0. The van der Waals surface area contributed by atoms with E-state index in [1.54, 1.807) is 0 Å². The molecule has 3 rings (SSSR count). The molecule has 4 heteroatoms. The van der Waals surface area contributed by atoms with Crippen molar-refractivity contribution in [2.75, 3.05) is 0 Å². The molecule has 1 nitrogen and oxygen atoms in total. The quantitative estimate of drug-likeness (QED) is 0.447. The Labute approximate surface area is 174 Å². The van der Waals surface area contributed by atoms with Gasteiger partial charge in [-0.25, -0.2) is 0 Å². The second kappa shape index (κ2) is 9.58. The van der Waals surface area contributed by atoms with Crippen molar-refractivity contribution in [2.24, 2.45) is 0 Å². The summed E-state index contributed by atoms with van der Waals surface area (Å²) >= 11 is -0.556. The predicted molar refractivity (Wildman–Crippen MR) is 112 cm³/mol. The van der Waals surface area contributed by atoms with E-state index in [1.165, 1.54) is 27.8 Å². The van der Waals surface area contributed by atoms with Crippen LogP contribution in [0.2, 0.25) is 0 Å². The molecular formula is C22H26Cl2NTi-. The van der Waals surface area contributed by atoms with E-state index < -0.39 is 17.0 Å². The molecule has 138 valence electrons. The van der Waals surface area contributed by atoms with Crippen LogP contribution in [0.25, 0.3) is 11.4 Å². The number of halogens is 2. The van der Waals surface area contributed by atoms with Gasteiger partial charge in [0.15, 0.2) is 0 Å². The average Bonchev–Trinajstić information content (AvgIpc) is 2.89. The molecule has 1 aliphatic rings. The summed E-state index contributed by atoms with van der Waals surface area (Å²) in [6.45, 7) is 11.0. The van der Waals surface area contributed by atoms with Crippen molar-refractivity contribution in [3.63, 3.8) is 0 Å². The Hall–Kier alpha value is -0.566. The Kier molecular flexibility index (Phi) is 8.00. The van der Waals surface area contributed by atoms with E-state index in [0.717, 1.165) is 0 Å². The predicted octanol–water partition coefficient (Wildman–Crippen LogP) is 7.85. The minimum absolute atomic E-state index is 0.0228. The third kappa shape index (κ3) is 5.47. The van der Waals surface area contributed by atoms with Crippen molar-refractivity contribution in [2.45, 2.75) is 52.1 Å². The molecule has 0 bridgehead atoms. The Morgan fingerprint density at radius 3 is 2.12 bits per heavy atom. The number of rotatable bonds is 3. The summed E-state index contributed by atoms with van der Waals surface area (Å²) in [6.07, 6.45) is 2.32. The van der Waals surface area contributed by atoms with Gasteiger partial charge in [0.25, 0.3) is 0 Å². The summed E-state index contributed by atoms with van der Waals surface area (Å²) in [7, 11) is 9.78. The number of fused-ring (bicyclic) bond motifs is 1. The summed E-state index contributed by atoms with van der Waals surface area (Å²) in [5, 5.41) is 4.97. The third-order valence-electron chi connectivity index (χ3n) is 4.48. The molecule has 0 fully saturated rings. The van der Waals surface area contributed by atoms with Gasteiger partial charge in [-0.2, -0.15) is 0 Å². The maximum atomic E-state index is 4.97. The van der Waals surface area contributed by atoms with Crippen molar-refractivity contribution in [1.29, 1.82) is 0 Å². The van der Waals surface area contributed by atoms with E-state index in [1.807, 2.05) is 0 Å². The molecule has 0 saturated carbocycles. The van der Waals surface area contributed by atoms with Gasteiger partial charge < -0.3 is 5.32 Å². The standard InChI is InChI=1S/C22H26N.2ClH.Ti/c1-15-14-17-10-6-7-12-19(17)21(15)20-13-9-8-11-18(20)16(2)23-22(3,4)5;;;/h6-14,16,21H,1-5H3;2*1H;/q-1;;;+2/p-2. The Morgan fingerprint density at radius 1 is 0.962 bits per heavy atom. The summed E-state index contributed by atoms with van der Waals surface area (Å²) in [4.78, 5) is 0.